The van der Waals surface area contributed by atoms with Crippen LogP contribution in [-0.4, -0.2) is 16.1 Å². The van der Waals surface area contributed by atoms with Crippen molar-refractivity contribution < 1.29 is 18.7 Å². The summed E-state index contributed by atoms with van der Waals surface area (Å²) < 4.78 is 10.3. The number of oxazole rings is 1. The first kappa shape index (κ1) is 10.5. The van der Waals surface area contributed by atoms with Gasteiger partial charge in [0.15, 0.2) is 5.89 Å². The van der Waals surface area contributed by atoms with Crippen LogP contribution in [0.1, 0.15) is 27.9 Å². The molecule has 0 aliphatic heterocycles. The number of aryl methyl sites for hydroxylation is 3. The smallest absolute Gasteiger partial charge is 0.373 e. The summed E-state index contributed by atoms with van der Waals surface area (Å²) in [6.07, 6.45) is 2.77. The van der Waals surface area contributed by atoms with E-state index in [1.165, 1.54) is 0 Å². The molecule has 0 fully saturated rings. The minimum absolute atomic E-state index is 0.0885. The molecule has 2 heterocycles. The van der Waals surface area contributed by atoms with Crippen molar-refractivity contribution in [1.29, 1.82) is 0 Å². The molecule has 0 amide bonds. The molecule has 5 heteroatoms. The van der Waals surface area contributed by atoms with Gasteiger partial charge in [0.25, 0.3) is 0 Å². The second-order valence-electron chi connectivity index (χ2n) is 3.41. The summed E-state index contributed by atoms with van der Waals surface area (Å²) in [6.45, 7) is 1.61. The van der Waals surface area contributed by atoms with Gasteiger partial charge < -0.3 is 13.9 Å². The fraction of sp³-hybridized carbons (Fsp3) is 0.273. The lowest BCUT2D eigenvalue weighted by atomic mass is 10.2. The summed E-state index contributed by atoms with van der Waals surface area (Å²) in [5.74, 6) is 0.0720. The maximum absolute atomic E-state index is 10.7. The molecule has 2 rings (SSSR count). The van der Waals surface area contributed by atoms with Crippen LogP contribution in [0.2, 0.25) is 0 Å². The van der Waals surface area contributed by atoms with Gasteiger partial charge in [-0.25, -0.2) is 9.78 Å². The predicted octanol–water partition coefficient (Wildman–Crippen LogP) is 2.06. The van der Waals surface area contributed by atoms with Gasteiger partial charge in [0, 0.05) is 12.8 Å². The molecule has 0 spiro atoms. The van der Waals surface area contributed by atoms with Gasteiger partial charge in [-0.1, -0.05) is 0 Å². The van der Waals surface area contributed by atoms with Crippen molar-refractivity contribution in [3.05, 3.63) is 41.5 Å². The Kier molecular flexibility index (Phi) is 2.76. The highest BCUT2D eigenvalue weighted by molar-refractivity contribution is 5.85. The van der Waals surface area contributed by atoms with Gasteiger partial charge in [-0.2, -0.15) is 0 Å². The quantitative estimate of drug-likeness (QED) is 0.855. The lowest BCUT2D eigenvalue weighted by molar-refractivity contribution is 0.0659. The van der Waals surface area contributed by atoms with Crippen LogP contribution in [0.15, 0.2) is 27.2 Å². The topological polar surface area (TPSA) is 76.5 Å². The fourth-order valence-corrected chi connectivity index (χ4v) is 1.44. The average Bonchev–Trinajstić information content (AvgIpc) is 2.83. The molecule has 0 aliphatic rings. The van der Waals surface area contributed by atoms with Crippen LogP contribution in [0.3, 0.4) is 0 Å². The van der Waals surface area contributed by atoms with E-state index in [-0.39, 0.29) is 5.76 Å². The van der Waals surface area contributed by atoms with Crippen molar-refractivity contribution >= 4 is 5.97 Å². The maximum atomic E-state index is 10.7. The van der Waals surface area contributed by atoms with E-state index in [1.807, 2.05) is 6.07 Å². The van der Waals surface area contributed by atoms with E-state index in [4.69, 9.17) is 13.9 Å². The first-order valence-electron chi connectivity index (χ1n) is 4.89. The first-order valence-corrected chi connectivity index (χ1v) is 4.89. The summed E-state index contributed by atoms with van der Waals surface area (Å²) in [5, 5.41) is 8.78. The molecule has 0 unspecified atom stereocenters. The van der Waals surface area contributed by atoms with E-state index in [1.54, 1.807) is 19.3 Å². The summed E-state index contributed by atoms with van der Waals surface area (Å²) in [4.78, 5) is 14.8. The summed E-state index contributed by atoms with van der Waals surface area (Å²) >= 11 is 0. The predicted molar refractivity (Wildman–Crippen MR) is 54.3 cm³/mol. The molecular weight excluding hydrogens is 210 g/mol. The molecule has 2 aromatic heterocycles. The molecule has 0 bridgehead atoms. The Hall–Kier alpha value is -2.04. The van der Waals surface area contributed by atoms with E-state index >= 15 is 0 Å². The lowest BCUT2D eigenvalue weighted by Gasteiger charge is -1.92. The standard InChI is InChI=1S/C11H11NO4/c1-7-10(11(13)14)16-9(12-7)5-4-8-3-2-6-15-8/h2-3,6H,4-5H2,1H3,(H,13,14). The van der Waals surface area contributed by atoms with E-state index in [9.17, 15) is 4.79 Å². The van der Waals surface area contributed by atoms with Crippen LogP contribution >= 0.6 is 0 Å². The zero-order chi connectivity index (χ0) is 11.5. The van der Waals surface area contributed by atoms with Gasteiger partial charge in [0.1, 0.15) is 5.76 Å². The van der Waals surface area contributed by atoms with Crippen molar-refractivity contribution in [1.82, 2.24) is 4.98 Å². The second-order valence-corrected chi connectivity index (χ2v) is 3.41. The molecule has 16 heavy (non-hydrogen) atoms. The average molecular weight is 221 g/mol. The van der Waals surface area contributed by atoms with Crippen LogP contribution < -0.4 is 0 Å². The van der Waals surface area contributed by atoms with Crippen molar-refractivity contribution in [2.45, 2.75) is 19.8 Å². The normalized spacial score (nSPS) is 10.6. The highest BCUT2D eigenvalue weighted by Gasteiger charge is 2.15. The Labute approximate surface area is 91.7 Å². The van der Waals surface area contributed by atoms with Crippen molar-refractivity contribution in [2.75, 3.05) is 0 Å². The second kappa shape index (κ2) is 4.22. The van der Waals surface area contributed by atoms with Crippen LogP contribution in [0.25, 0.3) is 0 Å². The largest absolute Gasteiger partial charge is 0.475 e. The molecular formula is C11H11NO4. The Bertz CT molecular complexity index is 484. The first-order chi connectivity index (χ1) is 7.66. The third-order valence-corrected chi connectivity index (χ3v) is 2.20. The van der Waals surface area contributed by atoms with Crippen LogP contribution in [-0.2, 0) is 12.8 Å². The number of rotatable bonds is 4. The number of aromatic carboxylic acids is 1. The van der Waals surface area contributed by atoms with Crippen molar-refractivity contribution in [3.8, 4) is 0 Å². The highest BCUT2D eigenvalue weighted by atomic mass is 16.4. The summed E-state index contributed by atoms with van der Waals surface area (Å²) in [5.41, 5.74) is 0.405. The molecule has 2 aromatic rings. The fourth-order valence-electron chi connectivity index (χ4n) is 1.44. The monoisotopic (exact) mass is 221 g/mol. The van der Waals surface area contributed by atoms with Crippen LogP contribution in [0.4, 0.5) is 0 Å². The van der Waals surface area contributed by atoms with Gasteiger partial charge in [-0.15, -0.1) is 0 Å². The van der Waals surface area contributed by atoms with Crippen LogP contribution in [0.5, 0.6) is 0 Å². The Morgan fingerprint density at radius 3 is 2.88 bits per heavy atom. The maximum Gasteiger partial charge on any atom is 0.373 e. The van der Waals surface area contributed by atoms with Gasteiger partial charge >= 0.3 is 5.97 Å². The Morgan fingerprint density at radius 1 is 1.50 bits per heavy atom. The van der Waals surface area contributed by atoms with E-state index < -0.39 is 5.97 Å². The van der Waals surface area contributed by atoms with Crippen molar-refractivity contribution in [2.24, 2.45) is 0 Å². The molecule has 0 saturated heterocycles. The zero-order valence-electron chi connectivity index (χ0n) is 8.77. The number of carbonyl (C=O) groups is 1. The number of hydrogen-bond acceptors (Lipinski definition) is 4. The number of hydrogen-bond donors (Lipinski definition) is 1. The van der Waals surface area contributed by atoms with Gasteiger partial charge in [-0.05, 0) is 19.1 Å². The van der Waals surface area contributed by atoms with Gasteiger partial charge in [-0.3, -0.25) is 0 Å². The molecule has 84 valence electrons. The number of nitrogens with zero attached hydrogens (tertiary/aromatic N) is 1. The van der Waals surface area contributed by atoms with E-state index in [0.717, 1.165) is 5.76 Å². The highest BCUT2D eigenvalue weighted by Crippen LogP contribution is 2.12. The number of carboxylic acid groups (broad SMARTS) is 1. The van der Waals surface area contributed by atoms with E-state index in [2.05, 4.69) is 4.98 Å². The number of aromatic nitrogens is 1. The van der Waals surface area contributed by atoms with Gasteiger partial charge in [0.05, 0.1) is 12.0 Å². The minimum atomic E-state index is -1.09. The van der Waals surface area contributed by atoms with Gasteiger partial charge in [0.2, 0.25) is 5.76 Å². The third kappa shape index (κ3) is 2.13. The molecule has 0 saturated carbocycles. The molecule has 0 aromatic carbocycles. The lowest BCUT2D eigenvalue weighted by Crippen LogP contribution is -1.95. The summed E-state index contributed by atoms with van der Waals surface area (Å²) in [7, 11) is 0. The number of furan rings is 1. The minimum Gasteiger partial charge on any atom is -0.475 e. The number of carboxylic acids is 1. The SMILES string of the molecule is Cc1nc(CCc2ccco2)oc1C(=O)O. The third-order valence-electron chi connectivity index (χ3n) is 2.20. The summed E-state index contributed by atoms with van der Waals surface area (Å²) in [6, 6.07) is 3.66. The molecule has 0 atom stereocenters. The van der Waals surface area contributed by atoms with Crippen molar-refractivity contribution in [3.63, 3.8) is 0 Å². The molecule has 0 radical (unpaired) electrons. The molecule has 5 nitrogen and oxygen atoms in total. The Morgan fingerprint density at radius 2 is 2.31 bits per heavy atom. The molecule has 1 N–H and O–H groups in total. The zero-order valence-corrected chi connectivity index (χ0v) is 8.77. The Balaban J connectivity index is 2.05. The van der Waals surface area contributed by atoms with E-state index in [0.29, 0.717) is 24.4 Å². The molecule has 0 aliphatic carbocycles. The van der Waals surface area contributed by atoms with Crippen LogP contribution in [0, 0.1) is 6.92 Å².